The first-order valence-corrected chi connectivity index (χ1v) is 3.76. The van der Waals surface area contributed by atoms with E-state index in [-0.39, 0.29) is 18.6 Å². The van der Waals surface area contributed by atoms with Gasteiger partial charge in [0, 0.05) is 18.4 Å². The second-order valence-electron chi connectivity index (χ2n) is 3.12. The number of alkyl halides is 2. The van der Waals surface area contributed by atoms with E-state index < -0.39 is 5.92 Å². The van der Waals surface area contributed by atoms with Crippen molar-refractivity contribution in [2.45, 2.75) is 18.8 Å². The minimum absolute atomic E-state index is 0.00956. The Hall–Kier alpha value is -1.12. The van der Waals surface area contributed by atoms with E-state index in [1.807, 2.05) is 0 Å². The number of phenols is 1. The number of aromatic hydroxyl groups is 1. The summed E-state index contributed by atoms with van der Waals surface area (Å²) in [4.78, 5) is 0. The van der Waals surface area contributed by atoms with Crippen molar-refractivity contribution in [3.05, 3.63) is 29.3 Å². The number of hydrogen-bond donors (Lipinski definition) is 1. The van der Waals surface area contributed by atoms with Gasteiger partial charge in [-0.05, 0) is 11.6 Å². The Morgan fingerprint density at radius 1 is 1.25 bits per heavy atom. The molecule has 0 radical (unpaired) electrons. The highest BCUT2D eigenvalue weighted by atomic mass is 19.3. The summed E-state index contributed by atoms with van der Waals surface area (Å²) in [5.74, 6) is -2.68. The summed E-state index contributed by atoms with van der Waals surface area (Å²) in [7, 11) is 0. The zero-order chi connectivity index (χ0) is 8.77. The maximum atomic E-state index is 12.8. The summed E-state index contributed by atoms with van der Waals surface area (Å²) in [5.41, 5.74) is 0.975. The molecule has 0 spiro atoms. The Morgan fingerprint density at radius 2 is 2.00 bits per heavy atom. The third-order valence-electron chi connectivity index (χ3n) is 2.13. The van der Waals surface area contributed by atoms with Crippen molar-refractivity contribution in [3.8, 4) is 5.75 Å². The number of rotatable bonds is 0. The zero-order valence-corrected chi connectivity index (χ0v) is 6.35. The Balaban J connectivity index is 2.48. The van der Waals surface area contributed by atoms with Crippen LogP contribution < -0.4 is 0 Å². The van der Waals surface area contributed by atoms with E-state index >= 15 is 0 Å². The number of halogens is 2. The van der Waals surface area contributed by atoms with Crippen LogP contribution in [0.25, 0.3) is 0 Å². The van der Waals surface area contributed by atoms with Crippen molar-refractivity contribution in [3.63, 3.8) is 0 Å². The van der Waals surface area contributed by atoms with Crippen molar-refractivity contribution in [2.75, 3.05) is 0 Å². The molecule has 0 amide bonds. The Labute approximate surface area is 68.6 Å². The maximum absolute atomic E-state index is 12.8. The van der Waals surface area contributed by atoms with Gasteiger partial charge in [0.1, 0.15) is 5.75 Å². The molecule has 0 fully saturated rings. The van der Waals surface area contributed by atoms with Crippen LogP contribution in [-0.2, 0) is 12.8 Å². The Bertz CT molecular complexity index is 320. The molecule has 0 aromatic heterocycles. The summed E-state index contributed by atoms with van der Waals surface area (Å²) in [6, 6.07) is 4.67. The topological polar surface area (TPSA) is 20.2 Å². The molecule has 2 rings (SSSR count). The normalized spacial score (nSPS) is 19.2. The lowest BCUT2D eigenvalue weighted by Crippen LogP contribution is -2.14. The molecule has 1 N–H and O–H groups in total. The molecule has 1 aliphatic carbocycles. The van der Waals surface area contributed by atoms with Gasteiger partial charge in [-0.1, -0.05) is 12.1 Å². The number of fused-ring (bicyclic) bond motifs is 1. The van der Waals surface area contributed by atoms with Crippen molar-refractivity contribution in [2.24, 2.45) is 0 Å². The van der Waals surface area contributed by atoms with Crippen LogP contribution in [0.2, 0.25) is 0 Å². The second-order valence-corrected chi connectivity index (χ2v) is 3.12. The molecule has 1 aromatic carbocycles. The van der Waals surface area contributed by atoms with Crippen molar-refractivity contribution < 1.29 is 13.9 Å². The third-order valence-corrected chi connectivity index (χ3v) is 2.13. The predicted octanol–water partition coefficient (Wildman–Crippen LogP) is 2.13. The summed E-state index contributed by atoms with van der Waals surface area (Å²) < 4.78 is 25.6. The fourth-order valence-electron chi connectivity index (χ4n) is 1.59. The molecule has 0 atom stereocenters. The zero-order valence-electron chi connectivity index (χ0n) is 6.35. The molecule has 0 bridgehead atoms. The van der Waals surface area contributed by atoms with Crippen LogP contribution in [0.15, 0.2) is 18.2 Å². The molecule has 3 heteroatoms. The van der Waals surface area contributed by atoms with Gasteiger partial charge in [0.25, 0.3) is 5.92 Å². The number of hydrogen-bond acceptors (Lipinski definition) is 1. The molecule has 12 heavy (non-hydrogen) atoms. The molecule has 0 heterocycles. The molecule has 1 nitrogen and oxygen atoms in total. The molecular weight excluding hydrogens is 162 g/mol. The fourth-order valence-corrected chi connectivity index (χ4v) is 1.59. The van der Waals surface area contributed by atoms with Gasteiger partial charge in [0.05, 0.1) is 0 Å². The lowest BCUT2D eigenvalue weighted by Gasteiger charge is -2.04. The van der Waals surface area contributed by atoms with Crippen LogP contribution in [0.4, 0.5) is 8.78 Å². The Morgan fingerprint density at radius 3 is 2.67 bits per heavy atom. The van der Waals surface area contributed by atoms with Crippen molar-refractivity contribution in [1.29, 1.82) is 0 Å². The minimum atomic E-state index is -2.67. The molecule has 0 saturated carbocycles. The lowest BCUT2D eigenvalue weighted by molar-refractivity contribution is 0.0127. The van der Waals surface area contributed by atoms with E-state index in [0.29, 0.717) is 11.1 Å². The van der Waals surface area contributed by atoms with Crippen LogP contribution in [0.3, 0.4) is 0 Å². The van der Waals surface area contributed by atoms with Gasteiger partial charge in [-0.3, -0.25) is 0 Å². The standard InChI is InChI=1S/C9H8F2O/c10-9(11)4-6-2-1-3-8(12)7(6)5-9/h1-3,12H,4-5H2. The largest absolute Gasteiger partial charge is 0.508 e. The van der Waals surface area contributed by atoms with E-state index in [4.69, 9.17) is 0 Å². The second kappa shape index (κ2) is 2.19. The van der Waals surface area contributed by atoms with Crippen LogP contribution in [-0.4, -0.2) is 11.0 Å². The van der Waals surface area contributed by atoms with E-state index in [2.05, 4.69) is 0 Å². The molecule has 1 aliphatic rings. The quantitative estimate of drug-likeness (QED) is 0.632. The predicted molar refractivity (Wildman–Crippen MR) is 40.5 cm³/mol. The highest BCUT2D eigenvalue weighted by Gasteiger charge is 2.38. The van der Waals surface area contributed by atoms with Crippen molar-refractivity contribution >= 4 is 0 Å². The first kappa shape index (κ1) is 7.53. The first-order chi connectivity index (χ1) is 5.58. The van der Waals surface area contributed by atoms with Crippen LogP contribution in [0.5, 0.6) is 5.75 Å². The van der Waals surface area contributed by atoms with Gasteiger partial charge in [-0.25, -0.2) is 8.78 Å². The van der Waals surface area contributed by atoms with E-state index in [1.165, 1.54) is 6.07 Å². The maximum Gasteiger partial charge on any atom is 0.256 e. The van der Waals surface area contributed by atoms with Gasteiger partial charge >= 0.3 is 0 Å². The molecular formula is C9H8F2O. The fraction of sp³-hybridized carbons (Fsp3) is 0.333. The van der Waals surface area contributed by atoms with E-state index in [9.17, 15) is 13.9 Å². The van der Waals surface area contributed by atoms with Crippen LogP contribution >= 0.6 is 0 Å². The molecule has 1 aromatic rings. The van der Waals surface area contributed by atoms with E-state index in [1.54, 1.807) is 12.1 Å². The third kappa shape index (κ3) is 1.05. The van der Waals surface area contributed by atoms with Gasteiger partial charge in [-0.15, -0.1) is 0 Å². The van der Waals surface area contributed by atoms with Gasteiger partial charge in [-0.2, -0.15) is 0 Å². The molecule has 64 valence electrons. The van der Waals surface area contributed by atoms with Crippen molar-refractivity contribution in [1.82, 2.24) is 0 Å². The number of benzene rings is 1. The van der Waals surface area contributed by atoms with Gasteiger partial charge in [0.2, 0.25) is 0 Å². The van der Waals surface area contributed by atoms with Crippen LogP contribution in [0, 0.1) is 0 Å². The van der Waals surface area contributed by atoms with Crippen LogP contribution in [0.1, 0.15) is 11.1 Å². The number of phenolic OH excluding ortho intramolecular Hbond substituents is 1. The minimum Gasteiger partial charge on any atom is -0.508 e. The van der Waals surface area contributed by atoms with E-state index in [0.717, 1.165) is 0 Å². The first-order valence-electron chi connectivity index (χ1n) is 3.76. The smallest absolute Gasteiger partial charge is 0.256 e. The monoisotopic (exact) mass is 170 g/mol. The Kier molecular flexibility index (Phi) is 1.37. The average Bonchev–Trinajstić information content (AvgIpc) is 2.25. The lowest BCUT2D eigenvalue weighted by atomic mass is 10.1. The summed E-state index contributed by atoms with van der Waals surface area (Å²) in [6.07, 6.45) is -0.564. The highest BCUT2D eigenvalue weighted by molar-refractivity contribution is 5.43. The molecule has 0 saturated heterocycles. The van der Waals surface area contributed by atoms with Gasteiger partial charge in [0.15, 0.2) is 0 Å². The molecule has 0 unspecified atom stereocenters. The summed E-state index contributed by atoms with van der Waals surface area (Å²) in [6.45, 7) is 0. The van der Waals surface area contributed by atoms with Gasteiger partial charge < -0.3 is 5.11 Å². The molecule has 0 aliphatic heterocycles. The average molecular weight is 170 g/mol. The highest BCUT2D eigenvalue weighted by Crippen LogP contribution is 2.38. The summed E-state index contributed by atoms with van der Waals surface area (Å²) >= 11 is 0. The summed E-state index contributed by atoms with van der Waals surface area (Å²) in [5, 5.41) is 9.23. The SMILES string of the molecule is Oc1cccc2c1CC(F)(F)C2.